The third-order valence-corrected chi connectivity index (χ3v) is 2.69. The number of alkyl halides is 1. The molecule has 0 aliphatic carbocycles. The van der Waals surface area contributed by atoms with E-state index in [-0.39, 0.29) is 0 Å². The van der Waals surface area contributed by atoms with Gasteiger partial charge >= 0.3 is 5.97 Å². The molecule has 2 rings (SSSR count). The molecular formula is C15H15BrO3. The predicted molar refractivity (Wildman–Crippen MR) is 78.4 cm³/mol. The van der Waals surface area contributed by atoms with E-state index >= 15 is 0 Å². The van der Waals surface area contributed by atoms with Crippen LogP contribution in [0.25, 0.3) is 0 Å². The summed E-state index contributed by atoms with van der Waals surface area (Å²) < 4.78 is 0. The Balaban J connectivity index is 0.000000861. The molecule has 0 amide bonds. The molecule has 0 spiro atoms. The van der Waals surface area contributed by atoms with Gasteiger partial charge in [-0.05, 0) is 17.0 Å². The van der Waals surface area contributed by atoms with Crippen LogP contribution in [-0.4, -0.2) is 22.0 Å². The molecule has 0 aromatic heterocycles. The number of carboxylic acids is 1. The molecule has 19 heavy (non-hydrogen) atoms. The lowest BCUT2D eigenvalue weighted by Crippen LogP contribution is -2.36. The quantitative estimate of drug-likeness (QED) is 0.854. The van der Waals surface area contributed by atoms with Gasteiger partial charge in [-0.2, -0.15) is 0 Å². The SMILES string of the molecule is CBr.O=C(O)C(O)(c1ccccc1)c1ccccc1. The molecule has 2 N–H and O–H groups in total. The maximum atomic E-state index is 11.4. The number of hydrogen-bond donors (Lipinski definition) is 2. The van der Waals surface area contributed by atoms with Gasteiger partial charge in [0.15, 0.2) is 0 Å². The molecule has 0 saturated carbocycles. The fourth-order valence-electron chi connectivity index (χ4n) is 1.77. The number of carbonyl (C=O) groups is 1. The van der Waals surface area contributed by atoms with Gasteiger partial charge in [0.1, 0.15) is 0 Å². The second kappa shape index (κ2) is 7.07. The molecule has 2 aromatic carbocycles. The Kier molecular flexibility index (Phi) is 5.73. The van der Waals surface area contributed by atoms with Crippen LogP contribution in [0.1, 0.15) is 11.1 Å². The molecule has 100 valence electrons. The molecule has 0 unspecified atom stereocenters. The van der Waals surface area contributed by atoms with Crippen molar-refractivity contribution in [2.24, 2.45) is 0 Å². The summed E-state index contributed by atoms with van der Waals surface area (Å²) >= 11 is 2.94. The maximum absolute atomic E-state index is 11.4. The fourth-order valence-corrected chi connectivity index (χ4v) is 1.77. The highest BCUT2D eigenvalue weighted by molar-refractivity contribution is 9.08. The van der Waals surface area contributed by atoms with Crippen molar-refractivity contribution in [1.82, 2.24) is 0 Å². The summed E-state index contributed by atoms with van der Waals surface area (Å²) in [6.45, 7) is 0. The highest BCUT2D eigenvalue weighted by Gasteiger charge is 2.39. The molecule has 0 aliphatic rings. The summed E-state index contributed by atoms with van der Waals surface area (Å²) in [5.41, 5.74) is -1.31. The van der Waals surface area contributed by atoms with Gasteiger partial charge in [-0.1, -0.05) is 76.6 Å². The molecule has 0 bridgehead atoms. The van der Waals surface area contributed by atoms with Gasteiger partial charge in [-0.3, -0.25) is 0 Å². The lowest BCUT2D eigenvalue weighted by atomic mass is 9.86. The van der Waals surface area contributed by atoms with Gasteiger partial charge < -0.3 is 10.2 Å². The molecule has 3 nitrogen and oxygen atoms in total. The highest BCUT2D eigenvalue weighted by atomic mass is 79.9. The number of aliphatic carboxylic acids is 1. The molecule has 0 radical (unpaired) electrons. The van der Waals surface area contributed by atoms with Crippen molar-refractivity contribution in [3.05, 3.63) is 71.8 Å². The Morgan fingerprint density at radius 2 is 1.21 bits per heavy atom. The molecular weight excluding hydrogens is 308 g/mol. The van der Waals surface area contributed by atoms with Gasteiger partial charge in [0.25, 0.3) is 0 Å². The summed E-state index contributed by atoms with van der Waals surface area (Å²) in [4.78, 5) is 11.4. The summed E-state index contributed by atoms with van der Waals surface area (Å²) in [5.74, 6) is 0.530. The summed E-state index contributed by atoms with van der Waals surface area (Å²) in [6, 6.07) is 16.7. The smallest absolute Gasteiger partial charge is 0.345 e. The lowest BCUT2D eigenvalue weighted by molar-refractivity contribution is -0.155. The van der Waals surface area contributed by atoms with Gasteiger partial charge in [0, 0.05) is 0 Å². The van der Waals surface area contributed by atoms with E-state index in [4.69, 9.17) is 0 Å². The number of rotatable bonds is 3. The zero-order valence-electron chi connectivity index (χ0n) is 10.5. The van der Waals surface area contributed by atoms with Gasteiger partial charge in [-0.25, -0.2) is 4.79 Å². The largest absolute Gasteiger partial charge is 0.479 e. The normalized spacial score (nSPS) is 10.3. The summed E-state index contributed by atoms with van der Waals surface area (Å²) in [7, 11) is 0. The Hall–Kier alpha value is -1.65. The average Bonchev–Trinajstić information content (AvgIpc) is 2.50. The second-order valence-corrected chi connectivity index (χ2v) is 3.75. The molecule has 4 heteroatoms. The van der Waals surface area contributed by atoms with Crippen LogP contribution < -0.4 is 0 Å². The van der Waals surface area contributed by atoms with Gasteiger partial charge in [0.2, 0.25) is 5.60 Å². The fraction of sp³-hybridized carbons (Fsp3) is 0.133. The zero-order chi connectivity index (χ0) is 14.3. The molecule has 0 saturated heterocycles. The third-order valence-electron chi connectivity index (χ3n) is 2.69. The van der Waals surface area contributed by atoms with Crippen LogP contribution in [0, 0.1) is 0 Å². The van der Waals surface area contributed by atoms with Crippen LogP contribution in [0.3, 0.4) is 0 Å². The molecule has 0 aliphatic heterocycles. The third kappa shape index (κ3) is 3.22. The van der Waals surface area contributed by atoms with E-state index in [9.17, 15) is 15.0 Å². The van der Waals surface area contributed by atoms with Crippen molar-refractivity contribution in [1.29, 1.82) is 0 Å². The highest BCUT2D eigenvalue weighted by Crippen LogP contribution is 2.29. The number of carboxylic acid groups (broad SMARTS) is 1. The lowest BCUT2D eigenvalue weighted by Gasteiger charge is -2.24. The minimum Gasteiger partial charge on any atom is -0.479 e. The zero-order valence-corrected chi connectivity index (χ0v) is 12.0. The van der Waals surface area contributed by atoms with Crippen LogP contribution in [0.5, 0.6) is 0 Å². The van der Waals surface area contributed by atoms with Crippen molar-refractivity contribution >= 4 is 21.9 Å². The number of hydrogen-bond acceptors (Lipinski definition) is 2. The van der Waals surface area contributed by atoms with Crippen LogP contribution >= 0.6 is 15.9 Å². The molecule has 0 heterocycles. The van der Waals surface area contributed by atoms with E-state index in [0.717, 1.165) is 0 Å². The number of aliphatic hydroxyl groups is 1. The first-order chi connectivity index (χ1) is 9.15. The Morgan fingerprint density at radius 3 is 1.47 bits per heavy atom. The van der Waals surface area contributed by atoms with Crippen LogP contribution in [0.15, 0.2) is 60.7 Å². The van der Waals surface area contributed by atoms with Crippen LogP contribution in [-0.2, 0) is 10.4 Å². The minimum absolute atomic E-state index is 0.346. The molecule has 2 aromatic rings. The topological polar surface area (TPSA) is 57.5 Å². The number of benzene rings is 2. The Labute approximate surface area is 120 Å². The van der Waals surface area contributed by atoms with Crippen LogP contribution in [0.4, 0.5) is 0 Å². The average molecular weight is 323 g/mol. The Bertz CT molecular complexity index is 472. The van der Waals surface area contributed by atoms with Crippen molar-refractivity contribution < 1.29 is 15.0 Å². The monoisotopic (exact) mass is 322 g/mol. The van der Waals surface area contributed by atoms with E-state index in [0.29, 0.717) is 11.1 Å². The number of halogens is 1. The van der Waals surface area contributed by atoms with E-state index in [1.165, 1.54) is 0 Å². The molecule has 0 atom stereocenters. The van der Waals surface area contributed by atoms with E-state index in [2.05, 4.69) is 15.9 Å². The van der Waals surface area contributed by atoms with E-state index in [1.807, 2.05) is 5.83 Å². The first-order valence-electron chi connectivity index (χ1n) is 5.60. The Morgan fingerprint density at radius 1 is 0.895 bits per heavy atom. The van der Waals surface area contributed by atoms with Crippen molar-refractivity contribution in [3.63, 3.8) is 0 Å². The van der Waals surface area contributed by atoms with Crippen molar-refractivity contribution in [2.45, 2.75) is 5.60 Å². The summed E-state index contributed by atoms with van der Waals surface area (Å²) in [5, 5.41) is 19.7. The van der Waals surface area contributed by atoms with Gasteiger partial charge in [-0.15, -0.1) is 0 Å². The van der Waals surface area contributed by atoms with Gasteiger partial charge in [0.05, 0.1) is 0 Å². The standard InChI is InChI=1S/C14H12O3.CH3Br/c15-13(16)14(17,11-7-3-1-4-8-11)12-9-5-2-6-10-12;1-2/h1-10,17H,(H,15,16);1H3. The second-order valence-electron chi connectivity index (χ2n) is 3.75. The maximum Gasteiger partial charge on any atom is 0.345 e. The van der Waals surface area contributed by atoms with Crippen LogP contribution in [0.2, 0.25) is 0 Å². The predicted octanol–water partition coefficient (Wildman–Crippen LogP) is 3.02. The summed E-state index contributed by atoms with van der Waals surface area (Å²) in [6.07, 6.45) is 0. The van der Waals surface area contributed by atoms with E-state index < -0.39 is 11.6 Å². The van der Waals surface area contributed by atoms with E-state index in [1.54, 1.807) is 60.7 Å². The minimum atomic E-state index is -2.00. The van der Waals surface area contributed by atoms with Crippen molar-refractivity contribution in [2.75, 3.05) is 5.83 Å². The molecule has 0 fully saturated rings. The first-order valence-corrected chi connectivity index (χ1v) is 7.19. The first kappa shape index (κ1) is 15.4. The van der Waals surface area contributed by atoms with Crippen molar-refractivity contribution in [3.8, 4) is 0 Å².